The predicted octanol–water partition coefficient (Wildman–Crippen LogP) is 4.18. The molecular weight excluding hydrogens is 268 g/mol. The fourth-order valence-electron chi connectivity index (χ4n) is 1.89. The molecule has 19 heavy (non-hydrogen) atoms. The van der Waals surface area contributed by atoms with Gasteiger partial charge in [-0.25, -0.2) is 4.79 Å². The normalized spacial score (nSPS) is 10.4. The van der Waals surface area contributed by atoms with E-state index < -0.39 is 6.16 Å². The van der Waals surface area contributed by atoms with E-state index in [1.54, 1.807) is 12.1 Å². The first-order valence-electron chi connectivity index (χ1n) is 6.42. The minimum absolute atomic E-state index is 0.00728. The zero-order valence-corrected chi connectivity index (χ0v) is 11.5. The van der Waals surface area contributed by atoms with Gasteiger partial charge in [-0.2, -0.15) is 0 Å². The van der Waals surface area contributed by atoms with Crippen LogP contribution >= 0.6 is 11.6 Å². The Morgan fingerprint density at radius 2 is 1.84 bits per heavy atom. The number of ether oxygens (including phenoxy) is 1. The van der Waals surface area contributed by atoms with Crippen LogP contribution in [0.3, 0.4) is 0 Å². The van der Waals surface area contributed by atoms with Crippen molar-refractivity contribution in [2.45, 2.75) is 38.5 Å². The summed E-state index contributed by atoms with van der Waals surface area (Å²) >= 11 is 5.60. The number of hydrogen-bond acceptors (Lipinski definition) is 3. The lowest BCUT2D eigenvalue weighted by molar-refractivity contribution is 0.143. The Hall–Kier alpha value is -1.42. The van der Waals surface area contributed by atoms with Gasteiger partial charge in [-0.3, -0.25) is 0 Å². The number of alkyl halides is 1. The number of carboxylic acid groups (broad SMARTS) is 1. The first-order chi connectivity index (χ1) is 9.15. The Kier molecular flexibility index (Phi) is 7.11. The lowest BCUT2D eigenvalue weighted by Gasteiger charge is -2.08. The lowest BCUT2D eigenvalue weighted by Crippen LogP contribution is -2.03. The van der Waals surface area contributed by atoms with E-state index in [0.29, 0.717) is 12.3 Å². The number of aryl methyl sites for hydroxylation is 1. The van der Waals surface area contributed by atoms with Crippen molar-refractivity contribution in [3.8, 4) is 11.5 Å². The Morgan fingerprint density at radius 3 is 2.53 bits per heavy atom. The Labute approximate surface area is 118 Å². The van der Waals surface area contributed by atoms with Crippen molar-refractivity contribution >= 4 is 17.8 Å². The first kappa shape index (κ1) is 15.6. The Balaban J connectivity index is 2.43. The fourth-order valence-corrected chi connectivity index (χ4v) is 2.08. The molecule has 0 unspecified atom stereocenters. The van der Waals surface area contributed by atoms with E-state index in [0.717, 1.165) is 37.7 Å². The van der Waals surface area contributed by atoms with Crippen molar-refractivity contribution in [2.75, 3.05) is 5.88 Å². The van der Waals surface area contributed by atoms with Crippen LogP contribution in [-0.2, 0) is 6.42 Å². The average molecular weight is 287 g/mol. The van der Waals surface area contributed by atoms with Gasteiger partial charge in [0.2, 0.25) is 0 Å². The third-order valence-electron chi connectivity index (χ3n) is 2.86. The summed E-state index contributed by atoms with van der Waals surface area (Å²) in [6, 6.07) is 4.90. The highest BCUT2D eigenvalue weighted by atomic mass is 35.5. The maximum Gasteiger partial charge on any atom is 0.511 e. The van der Waals surface area contributed by atoms with Crippen LogP contribution in [0.15, 0.2) is 18.2 Å². The van der Waals surface area contributed by atoms with Gasteiger partial charge >= 0.3 is 6.16 Å². The van der Waals surface area contributed by atoms with E-state index in [1.165, 1.54) is 6.07 Å². The van der Waals surface area contributed by atoms with Crippen LogP contribution in [0.1, 0.15) is 37.7 Å². The molecule has 1 aromatic carbocycles. The smallest absolute Gasteiger partial charge is 0.504 e. The van der Waals surface area contributed by atoms with Crippen molar-refractivity contribution in [1.29, 1.82) is 0 Å². The number of aromatic hydroxyl groups is 1. The van der Waals surface area contributed by atoms with Crippen molar-refractivity contribution in [1.82, 2.24) is 0 Å². The van der Waals surface area contributed by atoms with Gasteiger partial charge in [0.15, 0.2) is 11.5 Å². The number of halogens is 1. The highest BCUT2D eigenvalue weighted by molar-refractivity contribution is 6.17. The third-order valence-corrected chi connectivity index (χ3v) is 3.13. The predicted molar refractivity (Wildman–Crippen MR) is 74.3 cm³/mol. The van der Waals surface area contributed by atoms with Crippen LogP contribution in [0.5, 0.6) is 11.5 Å². The Bertz CT molecular complexity index is 406. The average Bonchev–Trinajstić information content (AvgIpc) is 2.37. The number of unbranched alkanes of at least 4 members (excludes halogenated alkanes) is 4. The molecule has 0 radical (unpaired) electrons. The fraction of sp³-hybridized carbons (Fsp3) is 0.500. The quantitative estimate of drug-likeness (QED) is 0.326. The van der Waals surface area contributed by atoms with Gasteiger partial charge in [0.05, 0.1) is 0 Å². The molecule has 1 rings (SSSR count). The summed E-state index contributed by atoms with van der Waals surface area (Å²) in [5.41, 5.74) is 0.719. The molecule has 1 aromatic rings. The van der Waals surface area contributed by atoms with Crippen LogP contribution in [0.2, 0.25) is 0 Å². The van der Waals surface area contributed by atoms with Crippen LogP contribution < -0.4 is 4.74 Å². The standard InChI is InChI=1S/C14H19ClO4/c15-10-5-3-1-2-4-7-11-8-6-9-12(13(11)16)19-14(17)18/h6,8-9,16H,1-5,7,10H2,(H,17,18). The van der Waals surface area contributed by atoms with Gasteiger partial charge in [0.1, 0.15) is 0 Å². The molecule has 0 saturated heterocycles. The van der Waals surface area contributed by atoms with Crippen LogP contribution in [0, 0.1) is 0 Å². The molecule has 0 aliphatic heterocycles. The number of phenolic OH excluding ortho intramolecular Hbond substituents is 1. The van der Waals surface area contributed by atoms with Gasteiger partial charge in [-0.15, -0.1) is 11.6 Å². The molecule has 0 bridgehead atoms. The van der Waals surface area contributed by atoms with Gasteiger partial charge in [-0.05, 0) is 30.9 Å². The zero-order chi connectivity index (χ0) is 14.1. The number of phenols is 1. The molecule has 0 amide bonds. The van der Waals surface area contributed by atoms with Gasteiger partial charge in [0, 0.05) is 5.88 Å². The van der Waals surface area contributed by atoms with E-state index in [2.05, 4.69) is 4.74 Å². The lowest BCUT2D eigenvalue weighted by atomic mass is 10.0. The second-order valence-corrected chi connectivity index (χ2v) is 4.72. The Morgan fingerprint density at radius 1 is 1.16 bits per heavy atom. The third kappa shape index (κ3) is 5.83. The minimum atomic E-state index is -1.42. The van der Waals surface area contributed by atoms with Crippen molar-refractivity contribution in [2.24, 2.45) is 0 Å². The summed E-state index contributed by atoms with van der Waals surface area (Å²) in [5, 5.41) is 18.4. The first-order valence-corrected chi connectivity index (χ1v) is 6.96. The molecule has 2 N–H and O–H groups in total. The van der Waals surface area contributed by atoms with Crippen LogP contribution in [0.4, 0.5) is 4.79 Å². The second-order valence-electron chi connectivity index (χ2n) is 4.34. The van der Waals surface area contributed by atoms with Crippen molar-refractivity contribution in [3.63, 3.8) is 0 Å². The van der Waals surface area contributed by atoms with E-state index >= 15 is 0 Å². The highest BCUT2D eigenvalue weighted by Crippen LogP contribution is 2.31. The summed E-state index contributed by atoms with van der Waals surface area (Å²) in [7, 11) is 0. The van der Waals surface area contributed by atoms with Crippen molar-refractivity contribution in [3.05, 3.63) is 23.8 Å². The summed E-state index contributed by atoms with van der Waals surface area (Å²) in [4.78, 5) is 10.4. The largest absolute Gasteiger partial charge is 0.511 e. The maximum absolute atomic E-state index is 10.4. The van der Waals surface area contributed by atoms with E-state index in [1.807, 2.05) is 0 Å². The van der Waals surface area contributed by atoms with E-state index in [4.69, 9.17) is 16.7 Å². The molecule has 0 fully saturated rings. The SMILES string of the molecule is O=C(O)Oc1cccc(CCCCCCCCl)c1O. The van der Waals surface area contributed by atoms with Crippen LogP contribution in [-0.4, -0.2) is 22.2 Å². The molecule has 5 heteroatoms. The van der Waals surface area contributed by atoms with Crippen LogP contribution in [0.25, 0.3) is 0 Å². The molecule has 0 spiro atoms. The van der Waals surface area contributed by atoms with Gasteiger partial charge in [0.25, 0.3) is 0 Å². The summed E-state index contributed by atoms with van der Waals surface area (Å²) in [6.07, 6.45) is 4.59. The van der Waals surface area contributed by atoms with Crippen molar-refractivity contribution < 1.29 is 19.7 Å². The number of benzene rings is 1. The maximum atomic E-state index is 10.4. The highest BCUT2D eigenvalue weighted by Gasteiger charge is 2.10. The summed E-state index contributed by atoms with van der Waals surface area (Å²) in [5.74, 6) is 0.618. The minimum Gasteiger partial charge on any atom is -0.504 e. The number of rotatable bonds is 8. The molecule has 106 valence electrons. The molecule has 0 aliphatic carbocycles. The van der Waals surface area contributed by atoms with E-state index in [9.17, 15) is 9.90 Å². The second kappa shape index (κ2) is 8.64. The van der Waals surface area contributed by atoms with E-state index in [-0.39, 0.29) is 11.5 Å². The molecular formula is C14H19ClO4. The molecule has 0 atom stereocenters. The molecule has 0 aromatic heterocycles. The van der Waals surface area contributed by atoms with Gasteiger partial charge in [-0.1, -0.05) is 31.4 Å². The molecule has 4 nitrogen and oxygen atoms in total. The number of carbonyl (C=O) groups is 1. The monoisotopic (exact) mass is 286 g/mol. The zero-order valence-electron chi connectivity index (χ0n) is 10.8. The summed E-state index contributed by atoms with van der Waals surface area (Å²) < 4.78 is 4.50. The topological polar surface area (TPSA) is 66.8 Å². The van der Waals surface area contributed by atoms with Gasteiger partial charge < -0.3 is 14.9 Å². The summed E-state index contributed by atoms with van der Waals surface area (Å²) in [6.45, 7) is 0. The number of para-hydroxylation sites is 1. The molecule has 0 saturated carbocycles. The number of hydrogen-bond donors (Lipinski definition) is 2. The molecule has 0 aliphatic rings. The molecule has 0 heterocycles.